The van der Waals surface area contributed by atoms with Gasteiger partial charge in [-0.3, -0.25) is 0 Å². The zero-order chi connectivity index (χ0) is 8.53. The topological polar surface area (TPSA) is 41.5 Å². The highest BCUT2D eigenvalue weighted by molar-refractivity contribution is 4.60. The minimum Gasteiger partial charge on any atom is -0.394 e. The number of hydrogen-bond acceptors (Lipinski definition) is 3. The second-order valence-electron chi connectivity index (χ2n) is 2.52. The van der Waals surface area contributed by atoms with Crippen LogP contribution in [0.3, 0.4) is 0 Å². The Hall–Kier alpha value is -0.120. The van der Waals surface area contributed by atoms with Gasteiger partial charge in [0.05, 0.1) is 13.2 Å². The molecular weight excluding hydrogens is 142 g/mol. The van der Waals surface area contributed by atoms with E-state index >= 15 is 0 Å². The van der Waals surface area contributed by atoms with Crippen LogP contribution in [0.25, 0.3) is 0 Å². The second-order valence-corrected chi connectivity index (χ2v) is 2.52. The van der Waals surface area contributed by atoms with Crippen molar-refractivity contribution in [3.8, 4) is 0 Å². The van der Waals surface area contributed by atoms with Crippen LogP contribution in [0.2, 0.25) is 0 Å². The van der Waals surface area contributed by atoms with E-state index in [9.17, 15) is 0 Å². The van der Waals surface area contributed by atoms with Crippen molar-refractivity contribution < 1.29 is 9.84 Å². The first-order valence-electron chi connectivity index (χ1n) is 4.21. The summed E-state index contributed by atoms with van der Waals surface area (Å²) in [5, 5.41) is 11.6. The lowest BCUT2D eigenvalue weighted by Crippen LogP contribution is -2.25. The SMILES string of the molecule is CCC(CCOCCO)NC. The Labute approximate surface area is 68.8 Å². The highest BCUT2D eigenvalue weighted by Gasteiger charge is 2.00. The van der Waals surface area contributed by atoms with Crippen molar-refractivity contribution in [1.82, 2.24) is 5.32 Å². The normalized spacial score (nSPS) is 13.4. The molecule has 2 N–H and O–H groups in total. The van der Waals surface area contributed by atoms with Crippen molar-refractivity contribution >= 4 is 0 Å². The highest BCUT2D eigenvalue weighted by atomic mass is 16.5. The molecule has 0 saturated heterocycles. The van der Waals surface area contributed by atoms with Gasteiger partial charge in [0.2, 0.25) is 0 Å². The maximum absolute atomic E-state index is 8.41. The molecule has 0 aliphatic carbocycles. The Morgan fingerprint density at radius 2 is 2.18 bits per heavy atom. The van der Waals surface area contributed by atoms with Crippen molar-refractivity contribution in [2.24, 2.45) is 0 Å². The van der Waals surface area contributed by atoms with Gasteiger partial charge >= 0.3 is 0 Å². The Morgan fingerprint density at radius 1 is 1.45 bits per heavy atom. The molecule has 1 atom stereocenters. The van der Waals surface area contributed by atoms with E-state index < -0.39 is 0 Å². The molecule has 3 nitrogen and oxygen atoms in total. The van der Waals surface area contributed by atoms with Crippen molar-refractivity contribution in [2.75, 3.05) is 26.9 Å². The van der Waals surface area contributed by atoms with Gasteiger partial charge in [-0.05, 0) is 19.9 Å². The molecule has 68 valence electrons. The van der Waals surface area contributed by atoms with E-state index in [0.717, 1.165) is 19.4 Å². The number of ether oxygens (including phenoxy) is 1. The largest absolute Gasteiger partial charge is 0.394 e. The minimum atomic E-state index is 0.121. The second kappa shape index (κ2) is 7.98. The molecule has 0 rings (SSSR count). The average molecular weight is 161 g/mol. The first-order chi connectivity index (χ1) is 5.35. The van der Waals surface area contributed by atoms with Crippen LogP contribution in [-0.2, 0) is 4.74 Å². The number of aliphatic hydroxyl groups excluding tert-OH is 1. The van der Waals surface area contributed by atoms with Gasteiger partial charge in [0.15, 0.2) is 0 Å². The minimum absolute atomic E-state index is 0.121. The molecule has 0 aromatic rings. The Morgan fingerprint density at radius 3 is 2.64 bits per heavy atom. The van der Waals surface area contributed by atoms with Crippen molar-refractivity contribution in [3.63, 3.8) is 0 Å². The Bertz CT molecular complexity index is 74.5. The van der Waals surface area contributed by atoms with Gasteiger partial charge in [-0.2, -0.15) is 0 Å². The van der Waals surface area contributed by atoms with Crippen LogP contribution < -0.4 is 5.32 Å². The van der Waals surface area contributed by atoms with Gasteiger partial charge in [-0.1, -0.05) is 6.92 Å². The standard InChI is InChI=1S/C8H19NO2/c1-3-8(9-2)4-6-11-7-5-10/h8-10H,3-7H2,1-2H3. The van der Waals surface area contributed by atoms with Crippen LogP contribution in [0.5, 0.6) is 0 Å². The van der Waals surface area contributed by atoms with E-state index in [-0.39, 0.29) is 6.61 Å². The van der Waals surface area contributed by atoms with Crippen LogP contribution in [0.4, 0.5) is 0 Å². The fourth-order valence-corrected chi connectivity index (χ4v) is 0.945. The lowest BCUT2D eigenvalue weighted by molar-refractivity contribution is 0.0860. The maximum Gasteiger partial charge on any atom is 0.0697 e. The third-order valence-electron chi connectivity index (χ3n) is 1.75. The number of aliphatic hydroxyl groups is 1. The molecule has 0 fully saturated rings. The quantitative estimate of drug-likeness (QED) is 0.530. The fraction of sp³-hybridized carbons (Fsp3) is 1.00. The Kier molecular flexibility index (Phi) is 7.89. The molecule has 0 radical (unpaired) electrons. The van der Waals surface area contributed by atoms with Gasteiger partial charge in [0, 0.05) is 12.6 Å². The first-order valence-corrected chi connectivity index (χ1v) is 4.21. The fourth-order valence-electron chi connectivity index (χ4n) is 0.945. The molecule has 11 heavy (non-hydrogen) atoms. The molecule has 1 unspecified atom stereocenters. The zero-order valence-electron chi connectivity index (χ0n) is 7.47. The van der Waals surface area contributed by atoms with Gasteiger partial charge in [0.1, 0.15) is 0 Å². The summed E-state index contributed by atoms with van der Waals surface area (Å²) in [7, 11) is 1.96. The van der Waals surface area contributed by atoms with Crippen molar-refractivity contribution in [2.45, 2.75) is 25.8 Å². The summed E-state index contributed by atoms with van der Waals surface area (Å²) >= 11 is 0. The zero-order valence-corrected chi connectivity index (χ0v) is 7.47. The summed E-state index contributed by atoms with van der Waals surface area (Å²) in [6.45, 7) is 3.46. The predicted octanol–water partition coefficient (Wildman–Crippen LogP) is 0.383. The molecule has 0 saturated carbocycles. The molecule has 0 heterocycles. The number of rotatable bonds is 7. The summed E-state index contributed by atoms with van der Waals surface area (Å²) in [5.41, 5.74) is 0. The van der Waals surface area contributed by atoms with E-state index in [2.05, 4.69) is 12.2 Å². The molecule has 3 heteroatoms. The van der Waals surface area contributed by atoms with Gasteiger partial charge in [0.25, 0.3) is 0 Å². The van der Waals surface area contributed by atoms with Crippen LogP contribution in [-0.4, -0.2) is 38.0 Å². The van der Waals surface area contributed by atoms with E-state index in [1.165, 1.54) is 0 Å². The van der Waals surface area contributed by atoms with Crippen molar-refractivity contribution in [1.29, 1.82) is 0 Å². The molecule has 0 aromatic heterocycles. The molecule has 0 bridgehead atoms. The first kappa shape index (κ1) is 10.9. The predicted molar refractivity (Wildman–Crippen MR) is 45.7 cm³/mol. The lowest BCUT2D eigenvalue weighted by Gasteiger charge is -2.12. The van der Waals surface area contributed by atoms with Gasteiger partial charge in [-0.25, -0.2) is 0 Å². The molecule has 0 aliphatic rings. The van der Waals surface area contributed by atoms with E-state index in [4.69, 9.17) is 9.84 Å². The molecule has 0 spiro atoms. The summed E-state index contributed by atoms with van der Waals surface area (Å²) < 4.78 is 5.13. The monoisotopic (exact) mass is 161 g/mol. The maximum atomic E-state index is 8.41. The van der Waals surface area contributed by atoms with E-state index in [1.807, 2.05) is 7.05 Å². The number of hydrogen-bond donors (Lipinski definition) is 2. The van der Waals surface area contributed by atoms with Crippen molar-refractivity contribution in [3.05, 3.63) is 0 Å². The van der Waals surface area contributed by atoms with Crippen LogP contribution in [0.1, 0.15) is 19.8 Å². The van der Waals surface area contributed by atoms with Gasteiger partial charge < -0.3 is 15.2 Å². The molecule has 0 aromatic carbocycles. The third-order valence-corrected chi connectivity index (χ3v) is 1.75. The third kappa shape index (κ3) is 6.28. The molecular formula is C8H19NO2. The summed E-state index contributed by atoms with van der Waals surface area (Å²) in [6.07, 6.45) is 2.14. The van der Waals surface area contributed by atoms with E-state index in [0.29, 0.717) is 12.6 Å². The van der Waals surface area contributed by atoms with Crippen LogP contribution in [0, 0.1) is 0 Å². The van der Waals surface area contributed by atoms with Gasteiger partial charge in [-0.15, -0.1) is 0 Å². The smallest absolute Gasteiger partial charge is 0.0697 e. The van der Waals surface area contributed by atoms with Crippen LogP contribution in [0.15, 0.2) is 0 Å². The summed E-state index contributed by atoms with van der Waals surface area (Å²) in [4.78, 5) is 0. The molecule has 0 amide bonds. The summed E-state index contributed by atoms with van der Waals surface area (Å²) in [5.74, 6) is 0. The van der Waals surface area contributed by atoms with Crippen LogP contribution >= 0.6 is 0 Å². The average Bonchev–Trinajstić information content (AvgIpc) is 2.05. The molecule has 0 aliphatic heterocycles. The lowest BCUT2D eigenvalue weighted by atomic mass is 10.2. The number of nitrogens with one attached hydrogen (secondary N) is 1. The van der Waals surface area contributed by atoms with E-state index in [1.54, 1.807) is 0 Å². The highest BCUT2D eigenvalue weighted by Crippen LogP contribution is 1.96. The summed E-state index contributed by atoms with van der Waals surface area (Å²) in [6, 6.07) is 0.550. The Balaban J connectivity index is 3.07.